The summed E-state index contributed by atoms with van der Waals surface area (Å²) in [5.74, 6) is 1.22. The number of hydrogen-bond acceptors (Lipinski definition) is 3. The molecule has 1 aromatic carbocycles. The van der Waals surface area contributed by atoms with Gasteiger partial charge in [-0.25, -0.2) is 9.97 Å². The predicted octanol–water partition coefficient (Wildman–Crippen LogP) is 2.88. The smallest absolute Gasteiger partial charge is 0.171 e. The molecule has 1 heterocycles. The van der Waals surface area contributed by atoms with E-state index in [1.54, 1.807) is 12.4 Å². The number of halogens is 1. The molecule has 3 nitrogen and oxygen atoms in total. The van der Waals surface area contributed by atoms with Crippen molar-refractivity contribution in [3.05, 3.63) is 52.9 Å². The summed E-state index contributed by atoms with van der Waals surface area (Å²) in [5.41, 5.74) is 2.88. The first-order chi connectivity index (χ1) is 8.34. The number of aromatic nitrogens is 2. The van der Waals surface area contributed by atoms with E-state index in [0.29, 0.717) is 16.9 Å². The Hall–Kier alpha value is -1.61. The Kier molecular flexibility index (Phi) is 2.69. The van der Waals surface area contributed by atoms with E-state index in [0.717, 1.165) is 13.0 Å². The van der Waals surface area contributed by atoms with Crippen LogP contribution in [0.1, 0.15) is 17.0 Å². The Morgan fingerprint density at radius 1 is 1.24 bits per heavy atom. The first kappa shape index (κ1) is 10.5. The molecule has 1 unspecified atom stereocenters. The second-order valence-corrected chi connectivity index (χ2v) is 4.53. The van der Waals surface area contributed by atoms with E-state index in [4.69, 9.17) is 11.6 Å². The van der Waals surface area contributed by atoms with Gasteiger partial charge in [-0.1, -0.05) is 35.9 Å². The van der Waals surface area contributed by atoms with Gasteiger partial charge in [-0.3, -0.25) is 0 Å². The highest BCUT2D eigenvalue weighted by molar-refractivity contribution is 6.31. The molecule has 1 N–H and O–H groups in total. The van der Waals surface area contributed by atoms with E-state index in [9.17, 15) is 0 Å². The number of rotatable bonds is 3. The molecule has 86 valence electrons. The monoisotopic (exact) mass is 245 g/mol. The molecule has 17 heavy (non-hydrogen) atoms. The SMILES string of the molecule is Clc1nccnc1NCC1Cc2ccccc21. The van der Waals surface area contributed by atoms with Gasteiger partial charge in [0.05, 0.1) is 0 Å². The normalized spacial score (nSPS) is 17.1. The predicted molar refractivity (Wildman–Crippen MR) is 68.4 cm³/mol. The lowest BCUT2D eigenvalue weighted by Crippen LogP contribution is -2.24. The van der Waals surface area contributed by atoms with Crippen LogP contribution < -0.4 is 5.32 Å². The van der Waals surface area contributed by atoms with Crippen LogP contribution in [-0.4, -0.2) is 16.5 Å². The summed E-state index contributed by atoms with van der Waals surface area (Å²) >= 11 is 5.93. The van der Waals surface area contributed by atoms with Gasteiger partial charge in [0, 0.05) is 24.9 Å². The number of fused-ring (bicyclic) bond motifs is 1. The highest BCUT2D eigenvalue weighted by Crippen LogP contribution is 2.34. The first-order valence-corrected chi connectivity index (χ1v) is 6.00. The lowest BCUT2D eigenvalue weighted by atomic mass is 9.78. The van der Waals surface area contributed by atoms with E-state index in [1.165, 1.54) is 11.1 Å². The minimum absolute atomic E-state index is 0.431. The third-order valence-corrected chi connectivity index (χ3v) is 3.41. The van der Waals surface area contributed by atoms with E-state index in [1.807, 2.05) is 0 Å². The summed E-state index contributed by atoms with van der Waals surface area (Å²) in [4.78, 5) is 8.14. The van der Waals surface area contributed by atoms with Crippen LogP contribution in [0.25, 0.3) is 0 Å². The molecule has 1 atom stereocenters. The maximum atomic E-state index is 5.93. The highest BCUT2D eigenvalue weighted by Gasteiger charge is 2.25. The number of nitrogens with one attached hydrogen (secondary N) is 1. The van der Waals surface area contributed by atoms with Gasteiger partial charge in [-0.2, -0.15) is 0 Å². The van der Waals surface area contributed by atoms with Crippen molar-refractivity contribution in [2.24, 2.45) is 0 Å². The van der Waals surface area contributed by atoms with Crippen LogP contribution in [0.3, 0.4) is 0 Å². The van der Waals surface area contributed by atoms with E-state index >= 15 is 0 Å². The number of anilines is 1. The Labute approximate surface area is 105 Å². The largest absolute Gasteiger partial charge is 0.367 e. The lowest BCUT2D eigenvalue weighted by Gasteiger charge is -2.30. The molecule has 0 fully saturated rings. The average Bonchev–Trinajstić information content (AvgIpc) is 2.32. The topological polar surface area (TPSA) is 37.8 Å². The fourth-order valence-electron chi connectivity index (χ4n) is 2.20. The molecular formula is C13H12ClN3. The van der Waals surface area contributed by atoms with Gasteiger partial charge in [0.2, 0.25) is 0 Å². The third kappa shape index (κ3) is 1.98. The molecule has 0 aliphatic heterocycles. The molecule has 0 spiro atoms. The van der Waals surface area contributed by atoms with Gasteiger partial charge in [0.1, 0.15) is 0 Å². The Morgan fingerprint density at radius 2 is 2.06 bits per heavy atom. The van der Waals surface area contributed by atoms with Crippen molar-refractivity contribution in [1.82, 2.24) is 9.97 Å². The minimum Gasteiger partial charge on any atom is -0.367 e. The molecule has 4 heteroatoms. The molecule has 3 rings (SSSR count). The van der Waals surface area contributed by atoms with Gasteiger partial charge < -0.3 is 5.32 Å². The number of benzene rings is 1. The van der Waals surface area contributed by atoms with Gasteiger partial charge in [0.15, 0.2) is 11.0 Å². The van der Waals surface area contributed by atoms with Gasteiger partial charge in [0.25, 0.3) is 0 Å². The molecule has 0 bridgehead atoms. The van der Waals surface area contributed by atoms with Crippen LogP contribution in [0, 0.1) is 0 Å². The maximum absolute atomic E-state index is 5.93. The van der Waals surface area contributed by atoms with Crippen molar-refractivity contribution in [3.8, 4) is 0 Å². The molecule has 1 aliphatic rings. The second kappa shape index (κ2) is 4.34. The third-order valence-electron chi connectivity index (χ3n) is 3.13. The Morgan fingerprint density at radius 3 is 2.88 bits per heavy atom. The zero-order valence-corrected chi connectivity index (χ0v) is 9.98. The van der Waals surface area contributed by atoms with Crippen molar-refractivity contribution in [2.45, 2.75) is 12.3 Å². The lowest BCUT2D eigenvalue weighted by molar-refractivity contribution is 0.634. The Balaban J connectivity index is 1.66. The molecule has 1 aromatic heterocycles. The van der Waals surface area contributed by atoms with Crippen LogP contribution in [0.4, 0.5) is 5.82 Å². The van der Waals surface area contributed by atoms with Gasteiger partial charge in [-0.05, 0) is 17.5 Å². The van der Waals surface area contributed by atoms with Crippen LogP contribution in [0.2, 0.25) is 5.15 Å². The number of hydrogen-bond donors (Lipinski definition) is 1. The van der Waals surface area contributed by atoms with Crippen molar-refractivity contribution in [2.75, 3.05) is 11.9 Å². The van der Waals surface area contributed by atoms with Crippen molar-refractivity contribution >= 4 is 17.4 Å². The standard InChI is InChI=1S/C13H12ClN3/c14-12-13(16-6-5-15-12)17-8-10-7-9-3-1-2-4-11(9)10/h1-6,10H,7-8H2,(H,16,17). The van der Waals surface area contributed by atoms with E-state index < -0.39 is 0 Å². The summed E-state index contributed by atoms with van der Waals surface area (Å²) in [5, 5.41) is 3.68. The van der Waals surface area contributed by atoms with Crippen LogP contribution in [-0.2, 0) is 6.42 Å². The van der Waals surface area contributed by atoms with Crippen molar-refractivity contribution < 1.29 is 0 Å². The zero-order chi connectivity index (χ0) is 11.7. The average molecular weight is 246 g/mol. The van der Waals surface area contributed by atoms with Gasteiger partial charge in [-0.15, -0.1) is 0 Å². The van der Waals surface area contributed by atoms with Crippen LogP contribution in [0.15, 0.2) is 36.7 Å². The van der Waals surface area contributed by atoms with Crippen LogP contribution in [0.5, 0.6) is 0 Å². The van der Waals surface area contributed by atoms with Crippen molar-refractivity contribution in [3.63, 3.8) is 0 Å². The fourth-order valence-corrected chi connectivity index (χ4v) is 2.38. The Bertz CT molecular complexity index is 542. The molecule has 0 radical (unpaired) electrons. The summed E-state index contributed by atoms with van der Waals surface area (Å²) in [6, 6.07) is 8.53. The van der Waals surface area contributed by atoms with E-state index in [-0.39, 0.29) is 0 Å². The molecule has 2 aromatic rings. The van der Waals surface area contributed by atoms with Crippen molar-refractivity contribution in [1.29, 1.82) is 0 Å². The fraction of sp³-hybridized carbons (Fsp3) is 0.231. The summed E-state index contributed by atoms with van der Waals surface area (Å²) < 4.78 is 0. The zero-order valence-electron chi connectivity index (χ0n) is 9.23. The van der Waals surface area contributed by atoms with E-state index in [2.05, 4.69) is 39.6 Å². The van der Waals surface area contributed by atoms with Gasteiger partial charge >= 0.3 is 0 Å². The second-order valence-electron chi connectivity index (χ2n) is 4.18. The quantitative estimate of drug-likeness (QED) is 0.904. The minimum atomic E-state index is 0.431. The summed E-state index contributed by atoms with van der Waals surface area (Å²) in [7, 11) is 0. The highest BCUT2D eigenvalue weighted by atomic mass is 35.5. The first-order valence-electron chi connectivity index (χ1n) is 5.63. The molecule has 0 saturated carbocycles. The number of nitrogens with zero attached hydrogens (tertiary/aromatic N) is 2. The van der Waals surface area contributed by atoms with Crippen LogP contribution >= 0.6 is 11.6 Å². The molecule has 1 aliphatic carbocycles. The maximum Gasteiger partial charge on any atom is 0.171 e. The summed E-state index contributed by atoms with van der Waals surface area (Å²) in [6.07, 6.45) is 4.36. The molecule has 0 saturated heterocycles. The summed E-state index contributed by atoms with van der Waals surface area (Å²) in [6.45, 7) is 0.857. The molecular weight excluding hydrogens is 234 g/mol. The molecule has 0 amide bonds.